The van der Waals surface area contributed by atoms with Crippen LogP contribution in [-0.4, -0.2) is 28.6 Å². The second kappa shape index (κ2) is 7.30. The average molecular weight is 363 g/mol. The summed E-state index contributed by atoms with van der Waals surface area (Å²) in [7, 11) is 0. The van der Waals surface area contributed by atoms with Crippen molar-refractivity contribution in [2.75, 3.05) is 13.1 Å². The first-order valence-electron chi connectivity index (χ1n) is 8.88. The number of carbonyl (C=O) groups is 1. The third kappa shape index (κ3) is 3.48. The van der Waals surface area contributed by atoms with Crippen LogP contribution in [0.1, 0.15) is 18.4 Å². The van der Waals surface area contributed by atoms with Crippen LogP contribution in [0.5, 0.6) is 0 Å². The van der Waals surface area contributed by atoms with Crippen molar-refractivity contribution in [3.63, 3.8) is 0 Å². The number of thiazole rings is 1. The first kappa shape index (κ1) is 16.8. The van der Waals surface area contributed by atoms with Crippen LogP contribution in [0.25, 0.3) is 16.8 Å². The van der Waals surface area contributed by atoms with E-state index >= 15 is 0 Å². The Balaban J connectivity index is 1.61. The van der Waals surface area contributed by atoms with Gasteiger partial charge in [0.25, 0.3) is 0 Å². The van der Waals surface area contributed by atoms with E-state index in [-0.39, 0.29) is 6.03 Å². The molecule has 2 aromatic carbocycles. The number of carbonyl (C=O) groups excluding carboxylic acids is 1. The molecule has 1 saturated heterocycles. The quantitative estimate of drug-likeness (QED) is 0.654. The van der Waals surface area contributed by atoms with E-state index < -0.39 is 0 Å². The average Bonchev–Trinajstić information content (AvgIpc) is 3.34. The van der Waals surface area contributed by atoms with Gasteiger partial charge in [0.1, 0.15) is 0 Å². The fourth-order valence-electron chi connectivity index (χ4n) is 3.17. The molecule has 0 radical (unpaired) electrons. The summed E-state index contributed by atoms with van der Waals surface area (Å²) < 4.78 is 1.97. The van der Waals surface area contributed by atoms with Gasteiger partial charge in [-0.1, -0.05) is 42.0 Å². The monoisotopic (exact) mass is 363 g/mol. The van der Waals surface area contributed by atoms with Crippen molar-refractivity contribution >= 4 is 17.4 Å². The van der Waals surface area contributed by atoms with Crippen LogP contribution in [0.15, 0.2) is 65.1 Å². The van der Waals surface area contributed by atoms with Gasteiger partial charge in [0.15, 0.2) is 4.80 Å². The van der Waals surface area contributed by atoms with Crippen molar-refractivity contribution in [1.82, 2.24) is 9.47 Å². The molecule has 0 bridgehead atoms. The number of urea groups is 1. The molecular formula is C21H21N3OS. The van der Waals surface area contributed by atoms with Gasteiger partial charge in [-0.2, -0.15) is 4.99 Å². The summed E-state index contributed by atoms with van der Waals surface area (Å²) in [5.41, 5.74) is 4.64. The first-order valence-corrected chi connectivity index (χ1v) is 9.76. The van der Waals surface area contributed by atoms with Crippen LogP contribution in [0.4, 0.5) is 4.79 Å². The lowest BCUT2D eigenvalue weighted by Gasteiger charge is -2.11. The molecule has 0 unspecified atom stereocenters. The summed E-state index contributed by atoms with van der Waals surface area (Å²) in [6.07, 6.45) is 4.11. The molecule has 0 spiro atoms. The molecule has 0 atom stereocenters. The third-order valence-electron chi connectivity index (χ3n) is 4.69. The Labute approximate surface area is 157 Å². The van der Waals surface area contributed by atoms with Gasteiger partial charge in [-0.25, -0.2) is 4.79 Å². The highest BCUT2D eigenvalue weighted by molar-refractivity contribution is 7.07. The van der Waals surface area contributed by atoms with Gasteiger partial charge in [0.2, 0.25) is 0 Å². The predicted octanol–water partition coefficient (Wildman–Crippen LogP) is 4.63. The summed E-state index contributed by atoms with van der Waals surface area (Å²) in [4.78, 5) is 19.2. The van der Waals surface area contributed by atoms with Gasteiger partial charge in [-0.3, -0.25) is 4.57 Å². The number of rotatable bonds is 2. The molecule has 0 aliphatic carbocycles. The predicted molar refractivity (Wildman–Crippen MR) is 106 cm³/mol. The zero-order valence-electron chi connectivity index (χ0n) is 14.8. The lowest BCUT2D eigenvalue weighted by molar-refractivity contribution is 0.218. The Morgan fingerprint density at radius 2 is 1.58 bits per heavy atom. The number of hydrogen-bond acceptors (Lipinski definition) is 2. The minimum Gasteiger partial charge on any atom is -0.323 e. The van der Waals surface area contributed by atoms with Gasteiger partial charge in [0.05, 0.1) is 0 Å². The molecule has 3 aromatic rings. The Morgan fingerprint density at radius 3 is 2.23 bits per heavy atom. The van der Waals surface area contributed by atoms with E-state index in [9.17, 15) is 4.79 Å². The maximum absolute atomic E-state index is 12.3. The largest absolute Gasteiger partial charge is 0.346 e. The lowest BCUT2D eigenvalue weighted by Crippen LogP contribution is -2.27. The number of aryl methyl sites for hydroxylation is 1. The van der Waals surface area contributed by atoms with E-state index in [1.807, 2.05) is 21.0 Å². The van der Waals surface area contributed by atoms with Gasteiger partial charge < -0.3 is 4.90 Å². The van der Waals surface area contributed by atoms with Gasteiger partial charge in [-0.05, 0) is 43.0 Å². The fraction of sp³-hybridized carbons (Fsp3) is 0.238. The van der Waals surface area contributed by atoms with Crippen molar-refractivity contribution in [1.29, 1.82) is 0 Å². The Kier molecular flexibility index (Phi) is 4.71. The summed E-state index contributed by atoms with van der Waals surface area (Å²) in [5.74, 6) is 0. The van der Waals surface area contributed by atoms with Crippen molar-refractivity contribution in [2.24, 2.45) is 4.99 Å². The highest BCUT2D eigenvalue weighted by atomic mass is 32.1. The normalized spacial score (nSPS) is 14.8. The number of likely N-dealkylation sites (tertiary alicyclic amines) is 1. The lowest BCUT2D eigenvalue weighted by atomic mass is 10.0. The third-order valence-corrected chi connectivity index (χ3v) is 5.44. The van der Waals surface area contributed by atoms with E-state index in [4.69, 9.17) is 0 Å². The minimum atomic E-state index is -0.130. The molecular weight excluding hydrogens is 342 g/mol. The first-order chi connectivity index (χ1) is 12.7. The van der Waals surface area contributed by atoms with Crippen molar-refractivity contribution in [3.8, 4) is 16.8 Å². The molecule has 5 heteroatoms. The Morgan fingerprint density at radius 1 is 0.962 bits per heavy atom. The van der Waals surface area contributed by atoms with Crippen LogP contribution in [0.2, 0.25) is 0 Å². The molecule has 1 aliphatic rings. The molecule has 1 aromatic heterocycles. The molecule has 1 fully saturated rings. The van der Waals surface area contributed by atoms with E-state index in [0.717, 1.165) is 31.6 Å². The zero-order chi connectivity index (χ0) is 17.9. The molecule has 1 aliphatic heterocycles. The van der Waals surface area contributed by atoms with Crippen molar-refractivity contribution < 1.29 is 4.79 Å². The summed E-state index contributed by atoms with van der Waals surface area (Å²) >= 11 is 1.48. The van der Waals surface area contributed by atoms with E-state index in [2.05, 4.69) is 60.4 Å². The fourth-order valence-corrected chi connectivity index (χ4v) is 3.89. The summed E-state index contributed by atoms with van der Waals surface area (Å²) in [5, 5.41) is 1.96. The topological polar surface area (TPSA) is 37.6 Å². The highest BCUT2D eigenvalue weighted by Gasteiger charge is 2.17. The molecule has 2 heterocycles. The molecule has 4 nitrogen and oxygen atoms in total. The number of hydrogen-bond donors (Lipinski definition) is 0. The minimum absolute atomic E-state index is 0.130. The zero-order valence-corrected chi connectivity index (χ0v) is 15.6. The summed E-state index contributed by atoms with van der Waals surface area (Å²) in [6, 6.07) is 16.7. The maximum Gasteiger partial charge on any atom is 0.346 e. The summed E-state index contributed by atoms with van der Waals surface area (Å²) in [6.45, 7) is 3.73. The van der Waals surface area contributed by atoms with Crippen molar-refractivity contribution in [3.05, 3.63) is 70.5 Å². The molecule has 4 rings (SSSR count). The second-order valence-corrected chi connectivity index (χ2v) is 7.43. The van der Waals surface area contributed by atoms with Crippen molar-refractivity contribution in [2.45, 2.75) is 19.8 Å². The van der Waals surface area contributed by atoms with Gasteiger partial charge >= 0.3 is 6.03 Å². The number of benzene rings is 2. The maximum atomic E-state index is 12.3. The SMILES string of the molecule is Cc1ccc(-c2ccc(-n3ccsc3=NC(=O)N3CCCC3)cc2)cc1. The van der Waals surface area contributed by atoms with Crippen LogP contribution in [-0.2, 0) is 0 Å². The van der Waals surface area contributed by atoms with E-state index in [0.29, 0.717) is 4.80 Å². The van der Waals surface area contributed by atoms with Gasteiger partial charge in [-0.15, -0.1) is 11.3 Å². The molecule has 132 valence electrons. The molecule has 26 heavy (non-hydrogen) atoms. The Hall–Kier alpha value is -2.66. The standard InChI is InChI=1S/C21H21N3OS/c1-16-4-6-17(7-5-16)18-8-10-19(11-9-18)24-14-15-26-21(24)22-20(25)23-12-2-3-13-23/h4-11,14-15H,2-3,12-13H2,1H3. The molecule has 0 saturated carbocycles. The van der Waals surface area contributed by atoms with Crippen LogP contribution in [0, 0.1) is 6.92 Å². The van der Waals surface area contributed by atoms with Gasteiger partial charge in [0, 0.05) is 30.4 Å². The Bertz CT molecular complexity index is 961. The van der Waals surface area contributed by atoms with E-state index in [1.165, 1.54) is 28.0 Å². The number of amides is 2. The van der Waals surface area contributed by atoms with Crippen LogP contribution in [0.3, 0.4) is 0 Å². The smallest absolute Gasteiger partial charge is 0.323 e. The second-order valence-electron chi connectivity index (χ2n) is 6.56. The van der Waals surface area contributed by atoms with E-state index in [1.54, 1.807) is 0 Å². The highest BCUT2D eigenvalue weighted by Crippen LogP contribution is 2.21. The van der Waals surface area contributed by atoms with Crippen LogP contribution >= 0.6 is 11.3 Å². The van der Waals surface area contributed by atoms with Crippen LogP contribution < -0.4 is 4.80 Å². The number of aromatic nitrogens is 1. The number of nitrogens with zero attached hydrogens (tertiary/aromatic N) is 3. The molecule has 0 N–H and O–H groups in total. The molecule has 2 amide bonds.